The molecule has 4 rings (SSSR count). The van der Waals surface area contributed by atoms with Crippen molar-refractivity contribution < 1.29 is 18.8 Å². The van der Waals surface area contributed by atoms with Gasteiger partial charge in [-0.05, 0) is 36.4 Å². The van der Waals surface area contributed by atoms with Crippen LogP contribution in [0.5, 0.6) is 0 Å². The molecule has 7 heteroatoms. The summed E-state index contributed by atoms with van der Waals surface area (Å²) < 4.78 is 5.69. The van der Waals surface area contributed by atoms with Gasteiger partial charge in [-0.1, -0.05) is 54.6 Å². The number of hydrogen-bond acceptors (Lipinski definition) is 5. The maximum atomic E-state index is 12.8. The third-order valence-electron chi connectivity index (χ3n) is 4.39. The maximum absolute atomic E-state index is 12.8. The van der Waals surface area contributed by atoms with Gasteiger partial charge in [0.1, 0.15) is 0 Å². The van der Waals surface area contributed by atoms with Crippen molar-refractivity contribution in [2.75, 3.05) is 5.32 Å². The second kappa shape index (κ2) is 8.87. The van der Waals surface area contributed by atoms with Crippen molar-refractivity contribution in [2.45, 2.75) is 0 Å². The smallest absolute Gasteiger partial charge is 0.282 e. The van der Waals surface area contributed by atoms with Crippen LogP contribution < -0.4 is 10.6 Å². The first-order chi connectivity index (χ1) is 15.1. The highest BCUT2D eigenvalue weighted by Crippen LogP contribution is 2.26. The van der Waals surface area contributed by atoms with E-state index in [4.69, 9.17) is 4.42 Å². The van der Waals surface area contributed by atoms with Crippen LogP contribution in [-0.4, -0.2) is 22.7 Å². The first kappa shape index (κ1) is 19.8. The summed E-state index contributed by atoms with van der Waals surface area (Å²) in [5.41, 5.74) is 1.11. The first-order valence-corrected chi connectivity index (χ1v) is 9.45. The fourth-order valence-electron chi connectivity index (χ4n) is 2.85. The van der Waals surface area contributed by atoms with Gasteiger partial charge in [-0.2, -0.15) is 0 Å². The van der Waals surface area contributed by atoms with Crippen LogP contribution in [0.3, 0.4) is 0 Å². The first-order valence-electron chi connectivity index (χ1n) is 9.45. The molecule has 0 aliphatic rings. The second-order valence-electron chi connectivity index (χ2n) is 6.53. The van der Waals surface area contributed by atoms with E-state index in [-0.39, 0.29) is 17.5 Å². The molecule has 0 atom stereocenters. The average molecular weight is 411 g/mol. The van der Waals surface area contributed by atoms with Crippen LogP contribution in [0.25, 0.3) is 11.5 Å². The quantitative estimate of drug-likeness (QED) is 0.480. The highest BCUT2D eigenvalue weighted by Gasteiger charge is 2.24. The number of oxazole rings is 1. The zero-order valence-electron chi connectivity index (χ0n) is 16.2. The number of amides is 3. The largest absolute Gasteiger partial charge is 0.419 e. The van der Waals surface area contributed by atoms with Crippen molar-refractivity contribution in [2.24, 2.45) is 0 Å². The predicted molar refractivity (Wildman–Crippen MR) is 115 cm³/mol. The molecule has 7 nitrogen and oxygen atoms in total. The van der Waals surface area contributed by atoms with Crippen molar-refractivity contribution in [1.82, 2.24) is 10.3 Å². The van der Waals surface area contributed by atoms with Crippen LogP contribution in [0.4, 0.5) is 5.88 Å². The molecule has 3 aromatic carbocycles. The summed E-state index contributed by atoms with van der Waals surface area (Å²) in [4.78, 5) is 42.0. The van der Waals surface area contributed by atoms with Crippen molar-refractivity contribution in [3.05, 3.63) is 108 Å². The lowest BCUT2D eigenvalue weighted by molar-refractivity contribution is 0.0847. The highest BCUT2D eigenvalue weighted by molar-refractivity contribution is 6.13. The van der Waals surface area contributed by atoms with Crippen molar-refractivity contribution in [1.29, 1.82) is 0 Å². The molecule has 1 heterocycles. The van der Waals surface area contributed by atoms with Gasteiger partial charge in [-0.15, -0.1) is 0 Å². The molecular formula is C24H17N3O4. The molecule has 0 saturated carbocycles. The number of carbonyl (C=O) groups excluding carboxylic acids is 3. The average Bonchev–Trinajstić information content (AvgIpc) is 3.24. The molecule has 0 aliphatic heterocycles. The minimum absolute atomic E-state index is 0.140. The lowest BCUT2D eigenvalue weighted by atomic mass is 10.2. The van der Waals surface area contributed by atoms with Gasteiger partial charge in [-0.3, -0.25) is 25.0 Å². The molecule has 0 aliphatic carbocycles. The van der Waals surface area contributed by atoms with Gasteiger partial charge in [0, 0.05) is 16.7 Å². The zero-order valence-corrected chi connectivity index (χ0v) is 16.2. The number of nitrogens with one attached hydrogen (secondary N) is 2. The molecule has 4 aromatic rings. The number of imide groups is 1. The Balaban J connectivity index is 1.64. The van der Waals surface area contributed by atoms with Gasteiger partial charge in [0.15, 0.2) is 5.69 Å². The molecule has 152 valence electrons. The van der Waals surface area contributed by atoms with E-state index < -0.39 is 17.7 Å². The summed E-state index contributed by atoms with van der Waals surface area (Å²) in [7, 11) is 0. The van der Waals surface area contributed by atoms with Gasteiger partial charge < -0.3 is 4.42 Å². The SMILES string of the molecule is O=C(NC(=O)c1nc(-c2ccccc2)oc1NC(=O)c1ccccc1)c1ccccc1. The number of aromatic nitrogens is 1. The molecular weight excluding hydrogens is 394 g/mol. The van der Waals surface area contributed by atoms with E-state index in [1.165, 1.54) is 0 Å². The molecule has 0 radical (unpaired) electrons. The normalized spacial score (nSPS) is 10.3. The summed E-state index contributed by atoms with van der Waals surface area (Å²) in [6, 6.07) is 25.7. The molecule has 31 heavy (non-hydrogen) atoms. The van der Waals surface area contributed by atoms with Crippen LogP contribution in [-0.2, 0) is 0 Å². The Kier molecular flexibility index (Phi) is 5.66. The van der Waals surface area contributed by atoms with Gasteiger partial charge in [0.2, 0.25) is 11.8 Å². The van der Waals surface area contributed by atoms with E-state index in [9.17, 15) is 14.4 Å². The van der Waals surface area contributed by atoms with Crippen LogP contribution in [0.1, 0.15) is 31.2 Å². The Bertz CT molecular complexity index is 1220. The van der Waals surface area contributed by atoms with Crippen LogP contribution in [0, 0.1) is 0 Å². The van der Waals surface area contributed by atoms with E-state index >= 15 is 0 Å². The number of hydrogen-bond donors (Lipinski definition) is 2. The van der Waals surface area contributed by atoms with Crippen LogP contribution in [0.15, 0.2) is 95.4 Å². The summed E-state index contributed by atoms with van der Waals surface area (Å²) in [6.45, 7) is 0. The summed E-state index contributed by atoms with van der Waals surface area (Å²) in [5.74, 6) is -1.86. The summed E-state index contributed by atoms with van der Waals surface area (Å²) in [5, 5.41) is 4.85. The maximum Gasteiger partial charge on any atom is 0.282 e. The standard InChI is InChI=1S/C24H17N3O4/c28-20(16-10-4-1-5-11-16)26-22(30)19-24(27-21(29)17-12-6-2-7-13-17)31-23(25-19)18-14-8-3-9-15-18/h1-15H,(H,27,29)(H,26,28,30). The molecule has 0 unspecified atom stereocenters. The Morgan fingerprint density at radius 1 is 0.645 bits per heavy atom. The molecule has 0 bridgehead atoms. The Hall–Kier alpha value is -4.52. The van der Waals surface area contributed by atoms with E-state index in [0.29, 0.717) is 16.7 Å². The molecule has 1 aromatic heterocycles. The van der Waals surface area contributed by atoms with Crippen molar-refractivity contribution in [3.8, 4) is 11.5 Å². The van der Waals surface area contributed by atoms with E-state index in [1.54, 1.807) is 84.9 Å². The third kappa shape index (κ3) is 4.56. The van der Waals surface area contributed by atoms with Gasteiger partial charge in [-0.25, -0.2) is 4.98 Å². The Morgan fingerprint density at radius 2 is 1.16 bits per heavy atom. The number of anilines is 1. The predicted octanol–water partition coefficient (Wildman–Crippen LogP) is 4.16. The molecule has 0 fully saturated rings. The molecule has 0 saturated heterocycles. The van der Waals surface area contributed by atoms with E-state index in [2.05, 4.69) is 15.6 Å². The van der Waals surface area contributed by atoms with Gasteiger partial charge in [0.05, 0.1) is 0 Å². The minimum Gasteiger partial charge on any atom is -0.419 e. The van der Waals surface area contributed by atoms with E-state index in [0.717, 1.165) is 0 Å². The highest BCUT2D eigenvalue weighted by atomic mass is 16.4. The van der Waals surface area contributed by atoms with Crippen LogP contribution in [0.2, 0.25) is 0 Å². The van der Waals surface area contributed by atoms with Crippen LogP contribution >= 0.6 is 0 Å². The fourth-order valence-corrected chi connectivity index (χ4v) is 2.85. The fraction of sp³-hybridized carbons (Fsp3) is 0. The summed E-state index contributed by atoms with van der Waals surface area (Å²) >= 11 is 0. The van der Waals surface area contributed by atoms with Crippen molar-refractivity contribution >= 4 is 23.6 Å². The van der Waals surface area contributed by atoms with Gasteiger partial charge in [0.25, 0.3) is 17.7 Å². The topological polar surface area (TPSA) is 101 Å². The number of nitrogens with zero attached hydrogens (tertiary/aromatic N) is 1. The molecule has 3 amide bonds. The lowest BCUT2D eigenvalue weighted by Crippen LogP contribution is -2.31. The number of benzene rings is 3. The third-order valence-corrected chi connectivity index (χ3v) is 4.39. The Labute approximate surface area is 177 Å². The monoisotopic (exact) mass is 411 g/mol. The molecule has 0 spiro atoms. The Morgan fingerprint density at radius 3 is 1.74 bits per heavy atom. The minimum atomic E-state index is -0.789. The van der Waals surface area contributed by atoms with Gasteiger partial charge >= 0.3 is 0 Å². The number of carbonyl (C=O) groups is 3. The van der Waals surface area contributed by atoms with Crippen molar-refractivity contribution in [3.63, 3.8) is 0 Å². The summed E-state index contributed by atoms with van der Waals surface area (Å²) in [6.07, 6.45) is 0. The molecule has 2 N–H and O–H groups in total. The zero-order chi connectivity index (χ0) is 21.6. The second-order valence-corrected chi connectivity index (χ2v) is 6.53. The lowest BCUT2D eigenvalue weighted by Gasteiger charge is -2.05. The van der Waals surface area contributed by atoms with E-state index in [1.807, 2.05) is 6.07 Å². The number of rotatable bonds is 5.